The summed E-state index contributed by atoms with van der Waals surface area (Å²) in [5, 5.41) is 0. The molecule has 92 valence electrons. The highest BCUT2D eigenvalue weighted by molar-refractivity contribution is 9.24. The molecule has 0 bridgehead atoms. The maximum atomic E-state index is 11.8. The van der Waals surface area contributed by atoms with Gasteiger partial charge in [0.2, 0.25) is 0 Å². The monoisotopic (exact) mass is 424 g/mol. The Hall–Kier alpha value is -0.130. The van der Waals surface area contributed by atoms with E-state index in [4.69, 9.17) is 4.74 Å². The van der Waals surface area contributed by atoms with Crippen LogP contribution in [0, 0.1) is 0 Å². The van der Waals surface area contributed by atoms with E-state index in [0.29, 0.717) is 12.2 Å². The number of rotatable bonds is 4. The van der Waals surface area contributed by atoms with E-state index in [1.165, 1.54) is 0 Å². The summed E-state index contributed by atoms with van der Waals surface area (Å²) in [7, 11) is 0. The van der Waals surface area contributed by atoms with Crippen molar-refractivity contribution in [1.82, 2.24) is 0 Å². The molecule has 0 radical (unpaired) electrons. The van der Waals surface area contributed by atoms with Gasteiger partial charge in [-0.3, -0.25) is 0 Å². The molecule has 0 saturated carbocycles. The number of hydrogen-bond acceptors (Lipinski definition) is 2. The van der Waals surface area contributed by atoms with Crippen LogP contribution in [0.5, 0.6) is 0 Å². The Labute approximate surface area is 126 Å². The molecular weight excluding hydrogens is 416 g/mol. The van der Waals surface area contributed by atoms with Gasteiger partial charge in [-0.25, -0.2) is 4.79 Å². The van der Waals surface area contributed by atoms with Crippen LogP contribution in [0.2, 0.25) is 0 Å². The van der Waals surface area contributed by atoms with Crippen LogP contribution in [0.3, 0.4) is 0 Å². The van der Waals surface area contributed by atoms with E-state index in [-0.39, 0.29) is 9.71 Å². The van der Waals surface area contributed by atoms with E-state index in [2.05, 4.69) is 47.8 Å². The lowest BCUT2D eigenvalue weighted by Crippen LogP contribution is -2.13. The minimum Gasteiger partial charge on any atom is -0.463 e. The van der Waals surface area contributed by atoms with Gasteiger partial charge in [0.15, 0.2) is 0 Å². The fourth-order valence-electron chi connectivity index (χ4n) is 1.22. The molecule has 1 aromatic carbocycles. The third kappa shape index (κ3) is 4.23. The van der Waals surface area contributed by atoms with E-state index < -0.39 is 0 Å². The smallest absolute Gasteiger partial charge is 0.337 e. The largest absolute Gasteiger partial charge is 0.463 e. The maximum absolute atomic E-state index is 11.8. The second kappa shape index (κ2) is 7.34. The minimum atomic E-state index is -0.345. The first kappa shape index (κ1) is 14.9. The van der Waals surface area contributed by atoms with Crippen molar-refractivity contribution >= 4 is 58.2 Å². The zero-order chi connectivity index (χ0) is 12.8. The molecule has 0 amide bonds. The molecule has 0 heterocycles. The Kier molecular flexibility index (Phi) is 6.44. The lowest BCUT2D eigenvalue weighted by Gasteiger charge is -2.11. The van der Waals surface area contributed by atoms with Crippen LogP contribution in [0.1, 0.15) is 12.5 Å². The topological polar surface area (TPSA) is 26.3 Å². The van der Waals surface area contributed by atoms with Crippen LogP contribution >= 0.6 is 47.8 Å². The Balaban J connectivity index is 3.16. The highest BCUT2D eigenvalue weighted by Crippen LogP contribution is 2.32. The summed E-state index contributed by atoms with van der Waals surface area (Å²) in [5.41, 5.74) is 1.44. The van der Waals surface area contributed by atoms with Gasteiger partial charge in [0.25, 0.3) is 0 Å². The standard InChI is InChI=1S/C12H11Br3O2/c1-2-17-12(16)9(11(14)15)10(13)8-6-4-3-5-7-8/h3-7,11H,2H2,1H3/b10-9-. The summed E-state index contributed by atoms with van der Waals surface area (Å²) in [6, 6.07) is 9.60. The van der Waals surface area contributed by atoms with Gasteiger partial charge in [-0.15, -0.1) is 0 Å². The molecule has 5 heteroatoms. The molecule has 0 aromatic heterocycles. The van der Waals surface area contributed by atoms with E-state index in [1.807, 2.05) is 30.3 Å². The molecule has 0 saturated heterocycles. The number of benzene rings is 1. The predicted molar refractivity (Wildman–Crippen MR) is 80.6 cm³/mol. The van der Waals surface area contributed by atoms with Crippen molar-refractivity contribution in [2.24, 2.45) is 0 Å². The molecule has 17 heavy (non-hydrogen) atoms. The van der Waals surface area contributed by atoms with Crippen molar-refractivity contribution in [2.45, 2.75) is 10.7 Å². The third-order valence-electron chi connectivity index (χ3n) is 1.98. The Morgan fingerprint density at radius 2 is 1.88 bits per heavy atom. The van der Waals surface area contributed by atoms with Crippen LogP contribution in [-0.2, 0) is 9.53 Å². The summed E-state index contributed by atoms with van der Waals surface area (Å²) in [6.45, 7) is 2.13. The van der Waals surface area contributed by atoms with Gasteiger partial charge in [0.1, 0.15) is 3.74 Å². The summed E-state index contributed by atoms with van der Waals surface area (Å²) in [4.78, 5) is 11.8. The third-order valence-corrected chi connectivity index (χ3v) is 3.78. The fraction of sp³-hybridized carbons (Fsp3) is 0.250. The molecule has 2 nitrogen and oxygen atoms in total. The molecule has 0 atom stereocenters. The first-order chi connectivity index (χ1) is 8.07. The predicted octanol–water partition coefficient (Wildman–Crippen LogP) is 4.47. The highest BCUT2D eigenvalue weighted by atomic mass is 79.9. The molecule has 1 aromatic rings. The second-order valence-corrected chi connectivity index (χ2v) is 6.97. The zero-order valence-corrected chi connectivity index (χ0v) is 13.9. The van der Waals surface area contributed by atoms with Crippen molar-refractivity contribution in [3.8, 4) is 0 Å². The van der Waals surface area contributed by atoms with E-state index >= 15 is 0 Å². The van der Waals surface area contributed by atoms with Gasteiger partial charge in [0.05, 0.1) is 12.2 Å². The number of halogens is 3. The molecule has 0 aliphatic rings. The minimum absolute atomic E-state index is 0.261. The molecule has 0 spiro atoms. The van der Waals surface area contributed by atoms with Crippen LogP contribution in [0.15, 0.2) is 35.9 Å². The first-order valence-electron chi connectivity index (χ1n) is 4.98. The zero-order valence-electron chi connectivity index (χ0n) is 9.12. The normalized spacial score (nSPS) is 12.3. The molecule has 0 fully saturated rings. The lowest BCUT2D eigenvalue weighted by atomic mass is 10.1. The van der Waals surface area contributed by atoms with E-state index in [1.54, 1.807) is 6.92 Å². The molecule has 1 rings (SSSR count). The molecule has 0 unspecified atom stereocenters. The lowest BCUT2D eigenvalue weighted by molar-refractivity contribution is -0.138. The van der Waals surface area contributed by atoms with Crippen molar-refractivity contribution in [3.05, 3.63) is 41.5 Å². The Bertz CT molecular complexity index is 413. The van der Waals surface area contributed by atoms with Crippen molar-refractivity contribution in [3.63, 3.8) is 0 Å². The van der Waals surface area contributed by atoms with E-state index in [0.717, 1.165) is 10.0 Å². The maximum Gasteiger partial charge on any atom is 0.337 e. The van der Waals surface area contributed by atoms with Crippen LogP contribution in [0.25, 0.3) is 4.48 Å². The molecule has 0 N–H and O–H groups in total. The summed E-state index contributed by atoms with van der Waals surface area (Å²) in [6.07, 6.45) is 0. The van der Waals surface area contributed by atoms with Crippen LogP contribution < -0.4 is 0 Å². The van der Waals surface area contributed by atoms with Gasteiger partial charge < -0.3 is 4.74 Å². The quantitative estimate of drug-likeness (QED) is 0.403. The van der Waals surface area contributed by atoms with Gasteiger partial charge in [-0.1, -0.05) is 62.2 Å². The number of carbonyl (C=O) groups is 1. The molecule has 0 aliphatic heterocycles. The molecule has 0 aliphatic carbocycles. The number of hydrogen-bond donors (Lipinski definition) is 0. The van der Waals surface area contributed by atoms with Crippen molar-refractivity contribution in [1.29, 1.82) is 0 Å². The first-order valence-corrected chi connectivity index (χ1v) is 7.60. The van der Waals surface area contributed by atoms with Gasteiger partial charge in [-0.2, -0.15) is 0 Å². The molecular formula is C12H11Br3O2. The van der Waals surface area contributed by atoms with Gasteiger partial charge in [-0.05, 0) is 28.4 Å². The van der Waals surface area contributed by atoms with Crippen molar-refractivity contribution in [2.75, 3.05) is 6.61 Å². The van der Waals surface area contributed by atoms with Crippen LogP contribution in [0.4, 0.5) is 0 Å². The summed E-state index contributed by atoms with van der Waals surface area (Å²) in [5.74, 6) is -0.345. The highest BCUT2D eigenvalue weighted by Gasteiger charge is 2.21. The summed E-state index contributed by atoms with van der Waals surface area (Å²) < 4.78 is 5.48. The van der Waals surface area contributed by atoms with Gasteiger partial charge in [0, 0.05) is 4.48 Å². The van der Waals surface area contributed by atoms with Gasteiger partial charge >= 0.3 is 5.97 Å². The SMILES string of the molecule is CCOC(=O)/C(=C(\Br)c1ccccc1)C(Br)Br. The number of carbonyl (C=O) groups excluding carboxylic acids is 1. The Morgan fingerprint density at radius 1 is 1.29 bits per heavy atom. The fourth-order valence-corrected chi connectivity index (χ4v) is 3.32. The number of ether oxygens (including phenoxy) is 1. The van der Waals surface area contributed by atoms with Crippen molar-refractivity contribution < 1.29 is 9.53 Å². The summed E-state index contributed by atoms with van der Waals surface area (Å²) >= 11 is 10.1. The average Bonchev–Trinajstić information content (AvgIpc) is 2.30. The number of esters is 1. The number of alkyl halides is 2. The average molecular weight is 427 g/mol. The van der Waals surface area contributed by atoms with Crippen LogP contribution in [-0.4, -0.2) is 16.3 Å². The Morgan fingerprint density at radius 3 is 2.35 bits per heavy atom. The van der Waals surface area contributed by atoms with E-state index in [9.17, 15) is 4.79 Å². The second-order valence-electron chi connectivity index (χ2n) is 3.11.